The van der Waals surface area contributed by atoms with E-state index in [1.807, 2.05) is 0 Å². The maximum absolute atomic E-state index is 12.3. The van der Waals surface area contributed by atoms with Gasteiger partial charge in [-0.3, -0.25) is 0 Å². The van der Waals surface area contributed by atoms with Crippen molar-refractivity contribution in [2.75, 3.05) is 5.32 Å². The number of primary amides is 1. The van der Waals surface area contributed by atoms with Crippen LogP contribution in [-0.4, -0.2) is 6.03 Å². The Morgan fingerprint density at radius 3 is 2.64 bits per heavy atom. The van der Waals surface area contributed by atoms with Gasteiger partial charge in [-0.1, -0.05) is 23.7 Å². The normalized spacial score (nSPS) is 10.3. The highest BCUT2D eigenvalue weighted by Crippen LogP contribution is 2.32. The summed E-state index contributed by atoms with van der Waals surface area (Å²) in [7, 11) is 0. The first-order valence-corrected chi connectivity index (χ1v) is 4.03. The first-order chi connectivity index (χ1) is 6.52. The molecule has 0 radical (unpaired) electrons. The smallest absolute Gasteiger partial charge is 0.316 e. The first-order valence-electron chi connectivity index (χ1n) is 3.65. The molecule has 0 aliphatic rings. The van der Waals surface area contributed by atoms with Crippen molar-refractivity contribution in [2.24, 2.45) is 5.73 Å². The third-order valence-electron chi connectivity index (χ3n) is 1.52. The van der Waals surface area contributed by atoms with Crippen LogP contribution in [0, 0.1) is 0 Å². The summed E-state index contributed by atoms with van der Waals surface area (Å²) >= 11 is 5.60. The zero-order valence-electron chi connectivity index (χ0n) is 6.93. The van der Waals surface area contributed by atoms with Gasteiger partial charge in [-0.15, -0.1) is 0 Å². The van der Waals surface area contributed by atoms with Crippen LogP contribution in [0.3, 0.4) is 0 Å². The average Bonchev–Trinajstić information content (AvgIpc) is 2.07. The number of nitrogens with one attached hydrogen (secondary N) is 1. The van der Waals surface area contributed by atoms with Gasteiger partial charge in [0, 0.05) is 5.56 Å². The molecule has 1 aromatic carbocycles. The molecular formula is C8H7ClF2N2O. The number of benzene rings is 1. The van der Waals surface area contributed by atoms with Crippen LogP contribution in [0.1, 0.15) is 12.0 Å². The number of carbonyl (C=O) groups excluding carboxylic acids is 1. The van der Waals surface area contributed by atoms with E-state index in [9.17, 15) is 13.6 Å². The lowest BCUT2D eigenvalue weighted by Crippen LogP contribution is -2.19. The van der Waals surface area contributed by atoms with Crippen molar-refractivity contribution in [3.63, 3.8) is 0 Å². The molecule has 3 nitrogen and oxygen atoms in total. The summed E-state index contributed by atoms with van der Waals surface area (Å²) in [5, 5.41) is 1.95. The molecule has 0 heterocycles. The lowest BCUT2D eigenvalue weighted by atomic mass is 10.2. The Kier molecular flexibility index (Phi) is 3.24. The zero-order chi connectivity index (χ0) is 10.7. The van der Waals surface area contributed by atoms with Gasteiger partial charge < -0.3 is 11.1 Å². The number of hydrogen-bond donors (Lipinski definition) is 2. The van der Waals surface area contributed by atoms with Crippen molar-refractivity contribution in [2.45, 2.75) is 6.43 Å². The second-order valence-corrected chi connectivity index (χ2v) is 2.88. The predicted molar refractivity (Wildman–Crippen MR) is 49.6 cm³/mol. The van der Waals surface area contributed by atoms with E-state index in [1.54, 1.807) is 0 Å². The number of urea groups is 1. The third kappa shape index (κ3) is 2.32. The molecule has 0 aliphatic heterocycles. The molecule has 1 aromatic rings. The van der Waals surface area contributed by atoms with Crippen LogP contribution in [0.2, 0.25) is 5.02 Å². The summed E-state index contributed by atoms with van der Waals surface area (Å²) in [6, 6.07) is 3.08. The van der Waals surface area contributed by atoms with Gasteiger partial charge in [-0.05, 0) is 6.07 Å². The summed E-state index contributed by atoms with van der Waals surface area (Å²) in [4.78, 5) is 10.5. The fourth-order valence-corrected chi connectivity index (χ4v) is 1.20. The fraction of sp³-hybridized carbons (Fsp3) is 0.125. The highest BCUT2D eigenvalue weighted by atomic mass is 35.5. The van der Waals surface area contributed by atoms with Gasteiger partial charge in [0.1, 0.15) is 0 Å². The molecule has 0 saturated carbocycles. The Morgan fingerprint density at radius 1 is 1.50 bits per heavy atom. The number of amides is 2. The predicted octanol–water partition coefficient (Wildman–Crippen LogP) is 2.77. The highest BCUT2D eigenvalue weighted by Gasteiger charge is 2.14. The second kappa shape index (κ2) is 4.23. The molecule has 0 bridgehead atoms. The summed E-state index contributed by atoms with van der Waals surface area (Å²) in [5.41, 5.74) is 4.57. The van der Waals surface area contributed by atoms with Crippen LogP contribution >= 0.6 is 11.6 Å². The molecule has 76 valence electrons. The molecule has 0 spiro atoms. The molecular weight excluding hydrogens is 214 g/mol. The van der Waals surface area contributed by atoms with Crippen molar-refractivity contribution in [1.29, 1.82) is 0 Å². The zero-order valence-corrected chi connectivity index (χ0v) is 7.68. The van der Waals surface area contributed by atoms with Crippen molar-refractivity contribution >= 4 is 23.3 Å². The molecule has 0 saturated heterocycles. The van der Waals surface area contributed by atoms with Crippen molar-refractivity contribution < 1.29 is 13.6 Å². The maximum Gasteiger partial charge on any atom is 0.316 e. The Hall–Kier alpha value is -1.36. The summed E-state index contributed by atoms with van der Waals surface area (Å²) < 4.78 is 24.6. The minimum Gasteiger partial charge on any atom is -0.351 e. The monoisotopic (exact) mass is 220 g/mol. The molecule has 2 amide bonds. The molecule has 14 heavy (non-hydrogen) atoms. The van der Waals surface area contributed by atoms with Crippen LogP contribution in [-0.2, 0) is 0 Å². The van der Waals surface area contributed by atoms with Gasteiger partial charge in [-0.25, -0.2) is 13.6 Å². The molecule has 0 unspecified atom stereocenters. The molecule has 0 aliphatic carbocycles. The van der Waals surface area contributed by atoms with Gasteiger partial charge in [0.05, 0.1) is 10.7 Å². The Morgan fingerprint density at radius 2 is 2.14 bits per heavy atom. The van der Waals surface area contributed by atoms with Crippen molar-refractivity contribution in [1.82, 2.24) is 0 Å². The van der Waals surface area contributed by atoms with E-state index < -0.39 is 12.5 Å². The molecule has 0 atom stereocenters. The van der Waals surface area contributed by atoms with E-state index in [4.69, 9.17) is 17.3 Å². The van der Waals surface area contributed by atoms with Crippen LogP contribution < -0.4 is 11.1 Å². The summed E-state index contributed by atoms with van der Waals surface area (Å²) in [6.07, 6.45) is -2.68. The van der Waals surface area contributed by atoms with Gasteiger partial charge in [0.15, 0.2) is 0 Å². The number of nitrogens with two attached hydrogens (primary N) is 1. The SMILES string of the molecule is NC(=O)Nc1cccc(C(F)F)c1Cl. The molecule has 0 aromatic heterocycles. The van der Waals surface area contributed by atoms with Crippen molar-refractivity contribution in [3.8, 4) is 0 Å². The lowest BCUT2D eigenvalue weighted by Gasteiger charge is -2.08. The minimum absolute atomic E-state index is 0.0805. The molecule has 1 rings (SSSR count). The Bertz CT molecular complexity index is 357. The quantitative estimate of drug-likeness (QED) is 0.791. The van der Waals surface area contributed by atoms with E-state index in [1.165, 1.54) is 18.2 Å². The number of anilines is 1. The van der Waals surface area contributed by atoms with E-state index in [-0.39, 0.29) is 16.3 Å². The van der Waals surface area contributed by atoms with E-state index in [0.717, 1.165) is 0 Å². The maximum atomic E-state index is 12.3. The standard InChI is InChI=1S/C8H7ClF2N2O/c9-6-4(7(10)11)2-1-3-5(6)13-8(12)14/h1-3,7H,(H3,12,13,14). The summed E-state index contributed by atoms with van der Waals surface area (Å²) in [5.74, 6) is 0. The number of carbonyl (C=O) groups is 1. The topological polar surface area (TPSA) is 55.1 Å². The molecule has 6 heteroatoms. The average molecular weight is 221 g/mol. The van der Waals surface area contributed by atoms with Crippen LogP contribution in [0.4, 0.5) is 19.3 Å². The third-order valence-corrected chi connectivity index (χ3v) is 1.94. The lowest BCUT2D eigenvalue weighted by molar-refractivity contribution is 0.151. The van der Waals surface area contributed by atoms with Crippen LogP contribution in [0.15, 0.2) is 18.2 Å². The van der Waals surface area contributed by atoms with Gasteiger partial charge in [0.25, 0.3) is 6.43 Å². The Labute approximate surface area is 83.8 Å². The number of alkyl halides is 2. The van der Waals surface area contributed by atoms with Crippen molar-refractivity contribution in [3.05, 3.63) is 28.8 Å². The largest absolute Gasteiger partial charge is 0.351 e. The van der Waals surface area contributed by atoms with E-state index in [2.05, 4.69) is 5.32 Å². The van der Waals surface area contributed by atoms with Gasteiger partial charge in [-0.2, -0.15) is 0 Å². The van der Waals surface area contributed by atoms with Gasteiger partial charge >= 0.3 is 6.03 Å². The molecule has 0 fully saturated rings. The van der Waals surface area contributed by atoms with Crippen LogP contribution in [0.25, 0.3) is 0 Å². The van der Waals surface area contributed by atoms with E-state index >= 15 is 0 Å². The number of rotatable bonds is 2. The molecule has 3 N–H and O–H groups in total. The number of halogens is 3. The second-order valence-electron chi connectivity index (χ2n) is 2.50. The van der Waals surface area contributed by atoms with E-state index in [0.29, 0.717) is 0 Å². The van der Waals surface area contributed by atoms with Gasteiger partial charge in [0.2, 0.25) is 0 Å². The van der Waals surface area contributed by atoms with Crippen LogP contribution in [0.5, 0.6) is 0 Å². The summed E-state index contributed by atoms with van der Waals surface area (Å²) in [6.45, 7) is 0. The minimum atomic E-state index is -2.68. The highest BCUT2D eigenvalue weighted by molar-refractivity contribution is 6.34. The Balaban J connectivity index is 3.07. The first kappa shape index (κ1) is 10.7. The number of hydrogen-bond acceptors (Lipinski definition) is 1. The fourth-order valence-electron chi connectivity index (χ4n) is 0.948.